The van der Waals surface area contributed by atoms with Crippen LogP contribution in [0.5, 0.6) is 0 Å². The second-order valence-corrected chi connectivity index (χ2v) is 9.61. The zero-order valence-corrected chi connectivity index (χ0v) is 20.9. The Hall–Kier alpha value is -2.58. The van der Waals surface area contributed by atoms with Crippen LogP contribution in [0.1, 0.15) is 52.9 Å². The molecule has 2 unspecified atom stereocenters. The number of benzene rings is 3. The van der Waals surface area contributed by atoms with Crippen LogP contribution < -0.4 is 11.1 Å². The number of nitrogens with one attached hydrogen (secondary N) is 1. The fourth-order valence-corrected chi connectivity index (χ4v) is 4.87. The maximum Gasteiger partial charge on any atom is 0.221 e. The number of aryl methyl sites for hydroxylation is 1. The Balaban J connectivity index is 1.69. The first-order chi connectivity index (χ1) is 16.9. The van der Waals surface area contributed by atoms with Crippen molar-refractivity contribution in [1.82, 2.24) is 5.32 Å². The molecule has 0 aliphatic rings. The minimum Gasteiger partial charge on any atom is -0.370 e. The van der Waals surface area contributed by atoms with E-state index in [9.17, 15) is 13.6 Å². The molecule has 3 rings (SSSR count). The molecular weight excluding hydrogens is 466 g/mol. The first kappa shape index (κ1) is 27.0. The molecule has 3 aromatic rings. The van der Waals surface area contributed by atoms with Crippen molar-refractivity contribution in [3.05, 3.63) is 107 Å². The molecule has 0 fully saturated rings. The van der Waals surface area contributed by atoms with Crippen molar-refractivity contribution in [3.8, 4) is 0 Å². The molecule has 186 valence electrons. The Morgan fingerprint density at radius 2 is 1.66 bits per heavy atom. The fourth-order valence-electron chi connectivity index (χ4n) is 3.91. The molecule has 0 saturated carbocycles. The van der Waals surface area contributed by atoms with Crippen molar-refractivity contribution in [2.24, 2.45) is 5.73 Å². The summed E-state index contributed by atoms with van der Waals surface area (Å²) in [6, 6.07) is 20.0. The lowest BCUT2D eigenvalue weighted by Gasteiger charge is -2.25. The Bertz CT molecular complexity index is 1080. The lowest BCUT2D eigenvalue weighted by atomic mass is 9.97. The van der Waals surface area contributed by atoms with Crippen LogP contribution >= 0.6 is 11.8 Å². The van der Waals surface area contributed by atoms with Crippen molar-refractivity contribution in [2.45, 2.75) is 50.3 Å². The van der Waals surface area contributed by atoms with Gasteiger partial charge in [-0.05, 0) is 48.1 Å². The molecule has 3 atom stereocenters. The highest BCUT2D eigenvalue weighted by Crippen LogP contribution is 2.27. The van der Waals surface area contributed by atoms with Gasteiger partial charge in [-0.3, -0.25) is 4.79 Å². The molecule has 4 nitrogen and oxygen atoms in total. The van der Waals surface area contributed by atoms with Crippen molar-refractivity contribution in [1.29, 1.82) is 0 Å². The molecule has 0 amide bonds. The molecule has 0 heterocycles. The third kappa shape index (κ3) is 8.54. The van der Waals surface area contributed by atoms with Gasteiger partial charge in [0.25, 0.3) is 0 Å². The lowest BCUT2D eigenvalue weighted by Crippen LogP contribution is -2.33. The molecule has 7 heteroatoms. The van der Waals surface area contributed by atoms with Gasteiger partial charge in [-0.1, -0.05) is 73.3 Å². The molecule has 0 aliphatic carbocycles. The van der Waals surface area contributed by atoms with Gasteiger partial charge in [0.05, 0.1) is 0 Å². The van der Waals surface area contributed by atoms with E-state index in [1.807, 2.05) is 30.3 Å². The molecule has 0 spiro atoms. The number of thioether (sulfide) groups is 1. The third-order valence-electron chi connectivity index (χ3n) is 5.78. The summed E-state index contributed by atoms with van der Waals surface area (Å²) >= 11 is 1.09. The quantitative estimate of drug-likeness (QED) is 0.299. The van der Waals surface area contributed by atoms with Crippen LogP contribution in [0.15, 0.2) is 72.8 Å². The SMILES string of the molecule is CCc1cccc(CNC(C[C@H](N)CC(OC)SC(=O)c2ccccc2)c2cc(F)cc(F)c2)c1. The van der Waals surface area contributed by atoms with Gasteiger partial charge in [-0.2, -0.15) is 0 Å². The van der Waals surface area contributed by atoms with E-state index in [0.717, 1.165) is 29.8 Å². The predicted molar refractivity (Wildman–Crippen MR) is 138 cm³/mol. The normalized spacial score (nSPS) is 13.9. The summed E-state index contributed by atoms with van der Waals surface area (Å²) in [5, 5.41) is 3.32. The van der Waals surface area contributed by atoms with Crippen LogP contribution in [0.25, 0.3) is 0 Å². The highest BCUT2D eigenvalue weighted by atomic mass is 32.2. The zero-order valence-electron chi connectivity index (χ0n) is 20.0. The van der Waals surface area contributed by atoms with Crippen molar-refractivity contribution in [2.75, 3.05) is 7.11 Å². The highest BCUT2D eigenvalue weighted by molar-refractivity contribution is 8.14. The summed E-state index contributed by atoms with van der Waals surface area (Å²) in [5.74, 6) is -1.26. The average Bonchev–Trinajstić information content (AvgIpc) is 2.86. The monoisotopic (exact) mass is 498 g/mol. The summed E-state index contributed by atoms with van der Waals surface area (Å²) in [7, 11) is 1.54. The molecule has 3 N–H and O–H groups in total. The third-order valence-corrected chi connectivity index (χ3v) is 6.88. The topological polar surface area (TPSA) is 64.3 Å². The number of hydrogen-bond donors (Lipinski definition) is 2. The highest BCUT2D eigenvalue weighted by Gasteiger charge is 2.23. The number of hydrogen-bond acceptors (Lipinski definition) is 5. The summed E-state index contributed by atoms with van der Waals surface area (Å²) in [4.78, 5) is 12.6. The van der Waals surface area contributed by atoms with Gasteiger partial charge < -0.3 is 15.8 Å². The lowest BCUT2D eigenvalue weighted by molar-refractivity contribution is 0.107. The number of carbonyl (C=O) groups excluding carboxylic acids is 1. The van der Waals surface area contributed by atoms with Crippen molar-refractivity contribution >= 4 is 16.9 Å². The van der Waals surface area contributed by atoms with E-state index in [1.165, 1.54) is 17.7 Å². The summed E-state index contributed by atoms with van der Waals surface area (Å²) < 4.78 is 33.5. The fraction of sp³-hybridized carbons (Fsp3) is 0.321. The Morgan fingerprint density at radius 1 is 0.971 bits per heavy atom. The molecule has 0 aliphatic heterocycles. The van der Waals surface area contributed by atoms with E-state index in [-0.39, 0.29) is 17.2 Å². The first-order valence-corrected chi connectivity index (χ1v) is 12.6. The van der Waals surface area contributed by atoms with E-state index in [1.54, 1.807) is 19.2 Å². The number of ether oxygens (including phenoxy) is 1. The number of methoxy groups -OCH3 is 1. The Labute approximate surface area is 210 Å². The van der Waals surface area contributed by atoms with Gasteiger partial charge in [0.1, 0.15) is 17.1 Å². The number of rotatable bonds is 12. The summed E-state index contributed by atoms with van der Waals surface area (Å²) in [5.41, 5.74) is 9.41. The predicted octanol–water partition coefficient (Wildman–Crippen LogP) is 6.01. The molecule has 0 aromatic heterocycles. The summed E-state index contributed by atoms with van der Waals surface area (Å²) in [6.07, 6.45) is 1.74. The van der Waals surface area contributed by atoms with Gasteiger partial charge in [0.15, 0.2) is 0 Å². The second-order valence-electron chi connectivity index (χ2n) is 8.48. The van der Waals surface area contributed by atoms with E-state index < -0.39 is 17.1 Å². The van der Waals surface area contributed by atoms with Crippen LogP contribution in [-0.2, 0) is 17.7 Å². The minimum atomic E-state index is -0.632. The van der Waals surface area contributed by atoms with Gasteiger partial charge in [-0.25, -0.2) is 8.78 Å². The zero-order chi connectivity index (χ0) is 25.2. The van der Waals surface area contributed by atoms with E-state index in [4.69, 9.17) is 10.5 Å². The number of nitrogens with two attached hydrogens (primary N) is 1. The molecule has 0 saturated heterocycles. The van der Waals surface area contributed by atoms with Gasteiger partial charge >= 0.3 is 0 Å². The molecule has 0 bridgehead atoms. The Kier molecular flexibility index (Phi) is 10.4. The largest absolute Gasteiger partial charge is 0.370 e. The van der Waals surface area contributed by atoms with Gasteiger partial charge in [0, 0.05) is 37.4 Å². The van der Waals surface area contributed by atoms with Crippen molar-refractivity contribution < 1.29 is 18.3 Å². The van der Waals surface area contributed by atoms with Crippen LogP contribution in [-0.4, -0.2) is 23.7 Å². The Morgan fingerprint density at radius 3 is 2.31 bits per heavy atom. The summed E-state index contributed by atoms with van der Waals surface area (Å²) in [6.45, 7) is 2.62. The second kappa shape index (κ2) is 13.5. The van der Waals surface area contributed by atoms with Crippen molar-refractivity contribution in [3.63, 3.8) is 0 Å². The number of carbonyl (C=O) groups is 1. The minimum absolute atomic E-state index is 0.0951. The standard InChI is InChI=1S/C28H32F2N2O2S/c1-3-19-8-7-9-20(12-19)18-32-26(22-13-23(29)15-24(30)14-22)16-25(31)17-27(34-2)35-28(33)21-10-5-4-6-11-21/h4-15,25-27,32H,3,16-18,31H2,1-2H3/t25-,26?,27?/m0/s1. The smallest absolute Gasteiger partial charge is 0.221 e. The maximum atomic E-state index is 14.0. The van der Waals surface area contributed by atoms with Crippen LogP contribution in [0.2, 0.25) is 0 Å². The van der Waals surface area contributed by atoms with E-state index in [2.05, 4.69) is 24.4 Å². The first-order valence-electron chi connectivity index (χ1n) is 11.7. The van der Waals surface area contributed by atoms with E-state index in [0.29, 0.717) is 30.5 Å². The van der Waals surface area contributed by atoms with Crippen LogP contribution in [0.3, 0.4) is 0 Å². The van der Waals surface area contributed by atoms with E-state index >= 15 is 0 Å². The van der Waals surface area contributed by atoms with Crippen LogP contribution in [0, 0.1) is 11.6 Å². The molecule has 3 aromatic carbocycles. The molecular formula is C28H32F2N2O2S. The molecule has 0 radical (unpaired) electrons. The average molecular weight is 499 g/mol. The molecule has 35 heavy (non-hydrogen) atoms. The maximum absolute atomic E-state index is 14.0. The van der Waals surface area contributed by atoms with Gasteiger partial charge in [0.2, 0.25) is 5.12 Å². The van der Waals surface area contributed by atoms with Gasteiger partial charge in [-0.15, -0.1) is 0 Å². The van der Waals surface area contributed by atoms with Crippen LogP contribution in [0.4, 0.5) is 8.78 Å². The number of halogens is 2.